The van der Waals surface area contributed by atoms with Crippen molar-refractivity contribution in [2.45, 2.75) is 57.9 Å². The molecule has 1 aliphatic rings. The van der Waals surface area contributed by atoms with Gasteiger partial charge in [-0.1, -0.05) is 33.1 Å². The highest BCUT2D eigenvalue weighted by molar-refractivity contribution is 5.68. The van der Waals surface area contributed by atoms with Crippen LogP contribution >= 0.6 is 0 Å². The maximum atomic E-state index is 11.0. The molecule has 16 heavy (non-hydrogen) atoms. The quantitative estimate of drug-likeness (QED) is 0.785. The number of rotatable bonds is 5. The van der Waals surface area contributed by atoms with Gasteiger partial charge in [0, 0.05) is 12.1 Å². The predicted octanol–water partition coefficient (Wildman–Crippen LogP) is 2.75. The molecule has 0 amide bonds. The van der Waals surface area contributed by atoms with E-state index in [1.807, 2.05) is 0 Å². The summed E-state index contributed by atoms with van der Waals surface area (Å²) in [5, 5.41) is 9.09. The average molecular weight is 227 g/mol. The van der Waals surface area contributed by atoms with E-state index in [2.05, 4.69) is 25.8 Å². The van der Waals surface area contributed by atoms with Gasteiger partial charge in [-0.2, -0.15) is 0 Å². The van der Waals surface area contributed by atoms with Crippen LogP contribution in [0.3, 0.4) is 0 Å². The van der Waals surface area contributed by atoms with Gasteiger partial charge < -0.3 is 5.11 Å². The van der Waals surface area contributed by atoms with Crippen molar-refractivity contribution >= 4 is 5.97 Å². The fraction of sp³-hybridized carbons (Fsp3) is 0.923. The third kappa shape index (κ3) is 3.48. The van der Waals surface area contributed by atoms with E-state index in [-0.39, 0.29) is 5.54 Å². The predicted molar refractivity (Wildman–Crippen MR) is 65.5 cm³/mol. The van der Waals surface area contributed by atoms with Crippen molar-refractivity contribution in [2.75, 3.05) is 13.6 Å². The summed E-state index contributed by atoms with van der Waals surface area (Å²) < 4.78 is 0. The van der Waals surface area contributed by atoms with Crippen molar-refractivity contribution in [1.29, 1.82) is 0 Å². The molecule has 0 unspecified atom stereocenters. The van der Waals surface area contributed by atoms with Crippen molar-refractivity contribution < 1.29 is 9.90 Å². The number of hydrogen-bond donors (Lipinski definition) is 1. The number of carbonyl (C=O) groups is 1. The highest BCUT2D eigenvalue weighted by Gasteiger charge is 2.37. The van der Waals surface area contributed by atoms with Crippen LogP contribution in [0.4, 0.5) is 0 Å². The van der Waals surface area contributed by atoms with E-state index in [0.717, 1.165) is 19.4 Å². The Morgan fingerprint density at radius 1 is 1.31 bits per heavy atom. The zero-order chi connectivity index (χ0) is 12.2. The molecule has 0 heterocycles. The summed E-state index contributed by atoms with van der Waals surface area (Å²) in [5.41, 5.74) is -0.0750. The highest BCUT2D eigenvalue weighted by Crippen LogP contribution is 2.36. The Labute approximate surface area is 98.8 Å². The molecular weight excluding hydrogens is 202 g/mol. The Balaban J connectivity index is 2.71. The van der Waals surface area contributed by atoms with Gasteiger partial charge in [0.15, 0.2) is 0 Å². The Hall–Kier alpha value is -0.570. The minimum Gasteiger partial charge on any atom is -0.481 e. The summed E-state index contributed by atoms with van der Waals surface area (Å²) in [6.45, 7) is 5.37. The monoisotopic (exact) mass is 227 g/mol. The standard InChI is InChI=1S/C13H25NO2/c1-11(2)10-14(3)13(9-12(15)16)7-5-4-6-8-13/h11H,4-10H2,1-3H3,(H,15,16). The molecule has 0 atom stereocenters. The van der Waals surface area contributed by atoms with Crippen LogP contribution in [0.15, 0.2) is 0 Å². The maximum Gasteiger partial charge on any atom is 0.305 e. The van der Waals surface area contributed by atoms with E-state index in [4.69, 9.17) is 5.11 Å². The second kappa shape index (κ2) is 5.67. The molecule has 1 saturated carbocycles. The Kier molecular flexibility index (Phi) is 4.78. The lowest BCUT2D eigenvalue weighted by Gasteiger charge is -2.44. The molecular formula is C13H25NO2. The van der Waals surface area contributed by atoms with Gasteiger partial charge in [-0.25, -0.2) is 0 Å². The van der Waals surface area contributed by atoms with Gasteiger partial charge in [0.25, 0.3) is 0 Å². The fourth-order valence-corrected chi connectivity index (χ4v) is 2.93. The molecule has 0 aromatic rings. The molecule has 1 N–H and O–H groups in total. The molecule has 3 nitrogen and oxygen atoms in total. The number of aliphatic carboxylic acids is 1. The largest absolute Gasteiger partial charge is 0.481 e. The molecule has 94 valence electrons. The van der Waals surface area contributed by atoms with Crippen molar-refractivity contribution in [3.63, 3.8) is 0 Å². The normalized spacial score (nSPS) is 20.3. The Bertz CT molecular complexity index is 232. The molecule has 0 saturated heterocycles. The van der Waals surface area contributed by atoms with Crippen LogP contribution in [0.25, 0.3) is 0 Å². The number of carboxylic acids is 1. The fourth-order valence-electron chi connectivity index (χ4n) is 2.93. The lowest BCUT2D eigenvalue weighted by Crippen LogP contribution is -2.50. The third-order valence-corrected chi connectivity index (χ3v) is 3.71. The van der Waals surface area contributed by atoms with Crippen LogP contribution in [-0.4, -0.2) is 35.1 Å². The van der Waals surface area contributed by atoms with Gasteiger partial charge in [-0.15, -0.1) is 0 Å². The topological polar surface area (TPSA) is 40.5 Å². The first-order valence-electron chi connectivity index (χ1n) is 6.39. The van der Waals surface area contributed by atoms with Crippen LogP contribution < -0.4 is 0 Å². The summed E-state index contributed by atoms with van der Waals surface area (Å²) in [7, 11) is 2.09. The summed E-state index contributed by atoms with van der Waals surface area (Å²) in [5.74, 6) is -0.0601. The van der Waals surface area contributed by atoms with Crippen LogP contribution in [0.1, 0.15) is 52.4 Å². The molecule has 1 rings (SSSR count). The summed E-state index contributed by atoms with van der Waals surface area (Å²) in [4.78, 5) is 13.3. The van der Waals surface area contributed by atoms with E-state index < -0.39 is 5.97 Å². The van der Waals surface area contributed by atoms with Gasteiger partial charge in [0.2, 0.25) is 0 Å². The van der Waals surface area contributed by atoms with Crippen molar-refractivity contribution in [1.82, 2.24) is 4.90 Å². The smallest absolute Gasteiger partial charge is 0.305 e. The second-order valence-corrected chi connectivity index (χ2v) is 5.63. The number of carboxylic acid groups (broad SMARTS) is 1. The molecule has 0 aromatic carbocycles. The summed E-state index contributed by atoms with van der Waals surface area (Å²) in [6, 6.07) is 0. The minimum absolute atomic E-state index is 0.0750. The van der Waals surface area contributed by atoms with E-state index in [0.29, 0.717) is 12.3 Å². The maximum absolute atomic E-state index is 11.0. The zero-order valence-corrected chi connectivity index (χ0v) is 10.8. The first-order chi connectivity index (χ1) is 7.46. The van der Waals surface area contributed by atoms with Crippen molar-refractivity contribution in [3.05, 3.63) is 0 Å². The van der Waals surface area contributed by atoms with Gasteiger partial charge in [0.1, 0.15) is 0 Å². The Morgan fingerprint density at radius 2 is 1.88 bits per heavy atom. The molecule has 0 radical (unpaired) electrons. The first-order valence-corrected chi connectivity index (χ1v) is 6.39. The second-order valence-electron chi connectivity index (χ2n) is 5.63. The molecule has 1 aliphatic carbocycles. The number of hydrogen-bond acceptors (Lipinski definition) is 2. The van der Waals surface area contributed by atoms with Gasteiger partial charge in [0.05, 0.1) is 6.42 Å². The van der Waals surface area contributed by atoms with Gasteiger partial charge in [-0.05, 0) is 25.8 Å². The Morgan fingerprint density at radius 3 is 2.31 bits per heavy atom. The molecule has 0 spiro atoms. The van der Waals surface area contributed by atoms with Crippen molar-refractivity contribution in [2.24, 2.45) is 5.92 Å². The third-order valence-electron chi connectivity index (χ3n) is 3.71. The van der Waals surface area contributed by atoms with E-state index in [1.54, 1.807) is 0 Å². The first kappa shape index (κ1) is 13.5. The lowest BCUT2D eigenvalue weighted by atomic mass is 9.78. The SMILES string of the molecule is CC(C)CN(C)C1(CC(=O)O)CCCCC1. The van der Waals surface area contributed by atoms with Gasteiger partial charge >= 0.3 is 5.97 Å². The molecule has 3 heteroatoms. The van der Waals surface area contributed by atoms with Crippen LogP contribution in [-0.2, 0) is 4.79 Å². The molecule has 0 bridgehead atoms. The lowest BCUT2D eigenvalue weighted by molar-refractivity contribution is -0.141. The van der Waals surface area contributed by atoms with E-state index in [1.165, 1.54) is 19.3 Å². The van der Waals surface area contributed by atoms with Crippen LogP contribution in [0, 0.1) is 5.92 Å². The van der Waals surface area contributed by atoms with E-state index in [9.17, 15) is 4.79 Å². The van der Waals surface area contributed by atoms with Gasteiger partial charge in [-0.3, -0.25) is 9.69 Å². The molecule has 1 fully saturated rings. The van der Waals surface area contributed by atoms with Crippen LogP contribution in [0.5, 0.6) is 0 Å². The van der Waals surface area contributed by atoms with E-state index >= 15 is 0 Å². The summed E-state index contributed by atoms with van der Waals surface area (Å²) in [6.07, 6.45) is 6.00. The average Bonchev–Trinajstić information content (AvgIpc) is 2.16. The minimum atomic E-state index is -0.655. The zero-order valence-electron chi connectivity index (χ0n) is 10.8. The highest BCUT2D eigenvalue weighted by atomic mass is 16.4. The van der Waals surface area contributed by atoms with Crippen molar-refractivity contribution in [3.8, 4) is 0 Å². The van der Waals surface area contributed by atoms with Crippen LogP contribution in [0.2, 0.25) is 0 Å². The summed E-state index contributed by atoms with van der Waals surface area (Å²) >= 11 is 0. The molecule has 0 aromatic heterocycles. The molecule has 0 aliphatic heterocycles. The number of nitrogens with zero attached hydrogens (tertiary/aromatic N) is 1.